The Balaban J connectivity index is 1.09. The summed E-state index contributed by atoms with van der Waals surface area (Å²) in [4.78, 5) is 39.0. The van der Waals surface area contributed by atoms with E-state index in [2.05, 4.69) is 14.9 Å². The number of anilines is 1. The number of amides is 1. The van der Waals surface area contributed by atoms with Crippen LogP contribution in [0.1, 0.15) is 29.1 Å². The summed E-state index contributed by atoms with van der Waals surface area (Å²) in [6.07, 6.45) is 3.64. The van der Waals surface area contributed by atoms with Crippen LogP contribution >= 0.6 is 23.1 Å². The number of H-pyrrole nitrogens is 1. The van der Waals surface area contributed by atoms with Crippen molar-refractivity contribution in [3.05, 3.63) is 56.7 Å². The van der Waals surface area contributed by atoms with E-state index >= 15 is 0 Å². The third-order valence-corrected chi connectivity index (χ3v) is 8.30. The second-order valence-corrected chi connectivity index (χ2v) is 10.4. The number of carbonyl (C=O) groups is 1. The lowest BCUT2D eigenvalue weighted by Crippen LogP contribution is -2.48. The van der Waals surface area contributed by atoms with E-state index in [1.165, 1.54) is 22.6 Å². The van der Waals surface area contributed by atoms with Gasteiger partial charge in [0.2, 0.25) is 5.91 Å². The molecule has 0 atom stereocenters. The van der Waals surface area contributed by atoms with Crippen LogP contribution in [0.5, 0.6) is 0 Å². The first-order chi connectivity index (χ1) is 15.6. The predicted molar refractivity (Wildman–Crippen MR) is 128 cm³/mol. The van der Waals surface area contributed by atoms with Gasteiger partial charge in [0.05, 0.1) is 11.1 Å². The lowest BCUT2D eigenvalue weighted by molar-refractivity contribution is -0.131. The highest BCUT2D eigenvalue weighted by Crippen LogP contribution is 2.34. The molecule has 0 saturated carbocycles. The summed E-state index contributed by atoms with van der Waals surface area (Å²) in [5.41, 5.74) is 2.16. The van der Waals surface area contributed by atoms with Crippen molar-refractivity contribution in [3.63, 3.8) is 0 Å². The molecule has 2 aromatic heterocycles. The number of hydrogen-bond acceptors (Lipinski definition) is 6. The molecule has 9 heteroatoms. The molecule has 1 aliphatic heterocycles. The maximum absolute atomic E-state index is 13.1. The Hall–Kier alpha value is -2.39. The normalized spacial score (nSPS) is 16.0. The second-order valence-electron chi connectivity index (χ2n) is 8.20. The molecular formula is C23H25FN4O2S2. The number of fused-ring (bicyclic) bond motifs is 3. The van der Waals surface area contributed by atoms with E-state index in [-0.39, 0.29) is 17.3 Å². The molecule has 1 saturated heterocycles. The van der Waals surface area contributed by atoms with Crippen molar-refractivity contribution < 1.29 is 9.18 Å². The van der Waals surface area contributed by atoms with Crippen molar-refractivity contribution in [1.82, 2.24) is 14.9 Å². The molecule has 3 aromatic rings. The molecule has 0 bridgehead atoms. The highest BCUT2D eigenvalue weighted by molar-refractivity contribution is 7.98. The van der Waals surface area contributed by atoms with Crippen LogP contribution in [-0.2, 0) is 23.4 Å². The fraction of sp³-hybridized carbons (Fsp3) is 0.435. The molecule has 2 aliphatic rings. The Bertz CT molecular complexity index is 1180. The van der Waals surface area contributed by atoms with Gasteiger partial charge in [-0.25, -0.2) is 9.37 Å². The fourth-order valence-corrected chi connectivity index (χ4v) is 6.54. The van der Waals surface area contributed by atoms with Crippen LogP contribution in [0.25, 0.3) is 10.2 Å². The molecule has 0 radical (unpaired) electrons. The number of benzene rings is 1. The van der Waals surface area contributed by atoms with Crippen molar-refractivity contribution >= 4 is 44.9 Å². The fourth-order valence-electron chi connectivity index (χ4n) is 4.47. The maximum Gasteiger partial charge on any atom is 0.259 e. The van der Waals surface area contributed by atoms with Crippen LogP contribution in [-0.4, -0.2) is 52.7 Å². The minimum atomic E-state index is -0.238. The summed E-state index contributed by atoms with van der Waals surface area (Å²) in [6, 6.07) is 6.50. The van der Waals surface area contributed by atoms with E-state index in [9.17, 15) is 14.0 Å². The lowest BCUT2D eigenvalue weighted by atomic mass is 10.2. The minimum Gasteiger partial charge on any atom is -0.368 e. The Morgan fingerprint density at radius 1 is 1.16 bits per heavy atom. The third-order valence-electron chi connectivity index (χ3n) is 6.15. The average molecular weight is 473 g/mol. The summed E-state index contributed by atoms with van der Waals surface area (Å²) in [5, 5.41) is 0.784. The van der Waals surface area contributed by atoms with Gasteiger partial charge < -0.3 is 14.8 Å². The van der Waals surface area contributed by atoms with Gasteiger partial charge in [0.15, 0.2) is 0 Å². The smallest absolute Gasteiger partial charge is 0.259 e. The molecule has 1 amide bonds. The number of nitrogens with one attached hydrogen (secondary N) is 1. The predicted octanol–water partition coefficient (Wildman–Crippen LogP) is 3.58. The zero-order chi connectivity index (χ0) is 22.1. The van der Waals surface area contributed by atoms with Gasteiger partial charge in [-0.15, -0.1) is 11.3 Å². The zero-order valence-corrected chi connectivity index (χ0v) is 19.4. The number of thioether (sulfide) groups is 1. The summed E-state index contributed by atoms with van der Waals surface area (Å²) < 4.78 is 13.1. The van der Waals surface area contributed by atoms with Crippen molar-refractivity contribution in [3.8, 4) is 0 Å². The van der Waals surface area contributed by atoms with Gasteiger partial charge in [-0.2, -0.15) is 11.8 Å². The molecule has 1 fully saturated rings. The lowest BCUT2D eigenvalue weighted by Gasteiger charge is -2.36. The van der Waals surface area contributed by atoms with E-state index in [0.717, 1.165) is 48.3 Å². The SMILES string of the molecule is O=C(CCSCc1nc2sc3c(c2c(=O)[nH]1)CCC3)N1CCN(c2ccc(F)cc2)CC1. The quantitative estimate of drug-likeness (QED) is 0.556. The van der Waals surface area contributed by atoms with Gasteiger partial charge in [0.25, 0.3) is 5.56 Å². The molecule has 0 spiro atoms. The number of thiophene rings is 1. The van der Waals surface area contributed by atoms with Crippen LogP contribution in [0.15, 0.2) is 29.1 Å². The average Bonchev–Trinajstić information content (AvgIpc) is 3.38. The van der Waals surface area contributed by atoms with Crippen LogP contribution < -0.4 is 10.5 Å². The zero-order valence-electron chi connectivity index (χ0n) is 17.7. The number of aromatic amines is 1. The third kappa shape index (κ3) is 4.41. The highest BCUT2D eigenvalue weighted by Gasteiger charge is 2.22. The number of piperazine rings is 1. The van der Waals surface area contributed by atoms with Gasteiger partial charge in [0.1, 0.15) is 16.5 Å². The van der Waals surface area contributed by atoms with Gasteiger partial charge in [-0.3, -0.25) is 9.59 Å². The molecule has 0 unspecified atom stereocenters. The first kappa shape index (κ1) is 21.5. The molecule has 168 valence electrons. The second kappa shape index (κ2) is 9.23. The number of halogens is 1. The van der Waals surface area contributed by atoms with E-state index in [1.807, 2.05) is 4.90 Å². The number of carbonyl (C=O) groups excluding carboxylic acids is 1. The molecule has 32 heavy (non-hydrogen) atoms. The molecule has 1 aliphatic carbocycles. The first-order valence-corrected chi connectivity index (χ1v) is 12.9. The number of hydrogen-bond donors (Lipinski definition) is 1. The molecule has 1 aromatic carbocycles. The van der Waals surface area contributed by atoms with E-state index < -0.39 is 0 Å². The summed E-state index contributed by atoms with van der Waals surface area (Å²) in [6.45, 7) is 2.85. The number of rotatable bonds is 6. The van der Waals surface area contributed by atoms with Crippen molar-refractivity contribution in [2.75, 3.05) is 36.8 Å². The Labute approximate surface area is 193 Å². The van der Waals surface area contributed by atoms with Gasteiger partial charge in [0, 0.05) is 48.9 Å². The molecule has 5 rings (SSSR count). The van der Waals surface area contributed by atoms with E-state index in [0.29, 0.717) is 36.8 Å². The van der Waals surface area contributed by atoms with Crippen molar-refractivity contribution in [2.24, 2.45) is 0 Å². The first-order valence-electron chi connectivity index (χ1n) is 11.0. The van der Waals surface area contributed by atoms with Gasteiger partial charge in [-0.1, -0.05) is 0 Å². The van der Waals surface area contributed by atoms with Crippen LogP contribution in [0.4, 0.5) is 10.1 Å². The largest absolute Gasteiger partial charge is 0.368 e. The highest BCUT2D eigenvalue weighted by atomic mass is 32.2. The maximum atomic E-state index is 13.1. The van der Waals surface area contributed by atoms with Gasteiger partial charge >= 0.3 is 0 Å². The summed E-state index contributed by atoms with van der Waals surface area (Å²) in [5.74, 6) is 1.90. The van der Waals surface area contributed by atoms with E-state index in [1.54, 1.807) is 35.2 Å². The molecule has 6 nitrogen and oxygen atoms in total. The molecular weight excluding hydrogens is 447 g/mol. The molecule has 1 N–H and O–H groups in total. The van der Waals surface area contributed by atoms with Crippen LogP contribution in [0, 0.1) is 5.82 Å². The number of aryl methyl sites for hydroxylation is 2. The number of nitrogens with zero attached hydrogens (tertiary/aromatic N) is 3. The van der Waals surface area contributed by atoms with Gasteiger partial charge in [-0.05, 0) is 49.1 Å². The van der Waals surface area contributed by atoms with Crippen molar-refractivity contribution in [1.29, 1.82) is 0 Å². The van der Waals surface area contributed by atoms with Crippen LogP contribution in [0.2, 0.25) is 0 Å². The number of aromatic nitrogens is 2. The summed E-state index contributed by atoms with van der Waals surface area (Å²) in [7, 11) is 0. The standard InChI is InChI=1S/C23H25FN4O2S2/c24-15-4-6-16(7-5-15)27-9-11-28(12-10-27)20(29)8-13-31-14-19-25-22(30)21-17-2-1-3-18(17)32-23(21)26-19/h4-7H,1-3,8-14H2,(H,25,26,30). The minimum absolute atomic E-state index is 0.0277. The molecule has 3 heterocycles. The van der Waals surface area contributed by atoms with Crippen LogP contribution in [0.3, 0.4) is 0 Å². The Morgan fingerprint density at radius 2 is 1.94 bits per heavy atom. The monoisotopic (exact) mass is 472 g/mol. The topological polar surface area (TPSA) is 69.3 Å². The van der Waals surface area contributed by atoms with E-state index in [4.69, 9.17) is 0 Å². The summed E-state index contributed by atoms with van der Waals surface area (Å²) >= 11 is 3.28. The Morgan fingerprint density at radius 3 is 2.72 bits per heavy atom. The Kier molecular flexibility index (Phi) is 6.19. The van der Waals surface area contributed by atoms with Crippen molar-refractivity contribution in [2.45, 2.75) is 31.4 Å².